The van der Waals surface area contributed by atoms with Crippen LogP contribution in [0.4, 0.5) is 5.69 Å². The lowest BCUT2D eigenvalue weighted by molar-refractivity contribution is -0.137. The molecule has 0 fully saturated rings. The average Bonchev–Trinajstić information content (AvgIpc) is 2.77. The van der Waals surface area contributed by atoms with Crippen LogP contribution in [0, 0.1) is 13.8 Å². The van der Waals surface area contributed by atoms with Crippen molar-refractivity contribution in [1.82, 2.24) is 14.5 Å². The van der Waals surface area contributed by atoms with Gasteiger partial charge in [-0.3, -0.25) is 19.0 Å². The van der Waals surface area contributed by atoms with Crippen LogP contribution >= 0.6 is 23.2 Å². The predicted octanol–water partition coefficient (Wildman–Crippen LogP) is 4.59. The van der Waals surface area contributed by atoms with Gasteiger partial charge in [0.1, 0.15) is 13.1 Å². The van der Waals surface area contributed by atoms with Crippen LogP contribution in [0.25, 0.3) is 10.9 Å². The molecule has 0 aliphatic rings. The highest BCUT2D eigenvalue weighted by molar-refractivity contribution is 6.38. The molecule has 1 aromatic heterocycles. The highest BCUT2D eigenvalue weighted by Gasteiger charge is 2.23. The number of aromatic nitrogens is 2. The minimum Gasteiger partial charge on any atom is -0.329 e. The zero-order chi connectivity index (χ0) is 24.3. The van der Waals surface area contributed by atoms with Crippen molar-refractivity contribution in [1.29, 1.82) is 0 Å². The first-order valence-corrected chi connectivity index (χ1v) is 11.4. The van der Waals surface area contributed by atoms with Gasteiger partial charge in [0.2, 0.25) is 11.8 Å². The number of aryl methyl sites for hydroxylation is 1. The second kappa shape index (κ2) is 10.4. The van der Waals surface area contributed by atoms with Crippen LogP contribution in [0.5, 0.6) is 0 Å². The summed E-state index contributed by atoms with van der Waals surface area (Å²) in [4.78, 5) is 44.5. The number of hydrogen-bond acceptors (Lipinski definition) is 4. The molecule has 1 atom stereocenters. The van der Waals surface area contributed by atoms with E-state index in [4.69, 9.17) is 23.2 Å². The van der Waals surface area contributed by atoms with Gasteiger partial charge in [-0.15, -0.1) is 0 Å². The van der Waals surface area contributed by atoms with Crippen molar-refractivity contribution in [3.8, 4) is 0 Å². The topological polar surface area (TPSA) is 84.3 Å². The van der Waals surface area contributed by atoms with Crippen molar-refractivity contribution in [3.63, 3.8) is 0 Å². The third-order valence-electron chi connectivity index (χ3n) is 5.79. The van der Waals surface area contributed by atoms with E-state index in [1.165, 1.54) is 27.9 Å². The minimum absolute atomic E-state index is 0.130. The molecule has 3 aromatic rings. The zero-order valence-corrected chi connectivity index (χ0v) is 20.5. The molecule has 0 bridgehead atoms. The van der Waals surface area contributed by atoms with E-state index in [2.05, 4.69) is 10.3 Å². The average molecular weight is 489 g/mol. The van der Waals surface area contributed by atoms with Gasteiger partial charge in [0.15, 0.2) is 0 Å². The summed E-state index contributed by atoms with van der Waals surface area (Å²) in [6, 6.07) is 8.44. The van der Waals surface area contributed by atoms with Crippen LogP contribution in [-0.4, -0.2) is 38.9 Å². The van der Waals surface area contributed by atoms with Crippen LogP contribution in [0.2, 0.25) is 10.0 Å². The fraction of sp³-hybridized carbons (Fsp3) is 0.333. The van der Waals surface area contributed by atoms with Crippen molar-refractivity contribution in [2.24, 2.45) is 0 Å². The summed E-state index contributed by atoms with van der Waals surface area (Å²) in [6.07, 6.45) is 1.94. The number of hydrogen-bond donors (Lipinski definition) is 1. The van der Waals surface area contributed by atoms with Gasteiger partial charge in [-0.25, -0.2) is 4.98 Å². The van der Waals surface area contributed by atoms with Gasteiger partial charge >= 0.3 is 0 Å². The third kappa shape index (κ3) is 5.54. The maximum absolute atomic E-state index is 13.2. The lowest BCUT2D eigenvalue weighted by Gasteiger charge is -2.28. The van der Waals surface area contributed by atoms with Gasteiger partial charge in [0.05, 0.1) is 22.3 Å². The Hall–Kier alpha value is -2.90. The second-order valence-electron chi connectivity index (χ2n) is 8.04. The molecule has 3 rings (SSSR count). The molecule has 0 spiro atoms. The fourth-order valence-electron chi connectivity index (χ4n) is 3.49. The van der Waals surface area contributed by atoms with Gasteiger partial charge in [-0.05, 0) is 56.5 Å². The molecule has 0 saturated heterocycles. The molecular weight excluding hydrogens is 463 g/mol. The number of nitrogens with zero attached hydrogens (tertiary/aromatic N) is 3. The summed E-state index contributed by atoms with van der Waals surface area (Å²) in [5.74, 6) is -0.670. The second-order valence-corrected chi connectivity index (χ2v) is 8.88. The Morgan fingerprint density at radius 2 is 1.94 bits per heavy atom. The first-order valence-electron chi connectivity index (χ1n) is 10.6. The molecule has 1 heterocycles. The van der Waals surface area contributed by atoms with E-state index >= 15 is 0 Å². The maximum Gasteiger partial charge on any atom is 0.261 e. The number of carbonyl (C=O) groups excluding carboxylic acids is 2. The number of benzene rings is 2. The molecular formula is C24H26Cl2N4O3. The molecule has 1 N–H and O–H groups in total. The predicted molar refractivity (Wildman–Crippen MR) is 132 cm³/mol. The number of anilines is 1. The maximum atomic E-state index is 13.2. The smallest absolute Gasteiger partial charge is 0.261 e. The van der Waals surface area contributed by atoms with Crippen molar-refractivity contribution in [3.05, 3.63) is 68.2 Å². The van der Waals surface area contributed by atoms with E-state index in [9.17, 15) is 14.4 Å². The SMILES string of the molecule is CCC(C)N(CC(=O)Nc1cccc(C)c1C)C(=O)Cn1cnc2c(Cl)cc(Cl)cc2c1=O. The van der Waals surface area contributed by atoms with Gasteiger partial charge < -0.3 is 10.2 Å². The molecule has 9 heteroatoms. The fourth-order valence-corrected chi connectivity index (χ4v) is 4.03. The van der Waals surface area contributed by atoms with Crippen molar-refractivity contribution >= 4 is 51.6 Å². The Balaban J connectivity index is 1.82. The van der Waals surface area contributed by atoms with Crippen molar-refractivity contribution < 1.29 is 9.59 Å². The molecule has 33 heavy (non-hydrogen) atoms. The Labute approximate surface area is 202 Å². The lowest BCUT2D eigenvalue weighted by atomic mass is 10.1. The summed E-state index contributed by atoms with van der Waals surface area (Å²) in [5.41, 5.74) is 2.63. The first kappa shape index (κ1) is 24.7. The van der Waals surface area contributed by atoms with Gasteiger partial charge in [-0.2, -0.15) is 0 Å². The van der Waals surface area contributed by atoms with Gasteiger partial charge in [0.25, 0.3) is 5.56 Å². The summed E-state index contributed by atoms with van der Waals surface area (Å²) in [6.45, 7) is 7.31. The zero-order valence-electron chi connectivity index (χ0n) is 19.0. The van der Waals surface area contributed by atoms with Crippen LogP contribution in [0.15, 0.2) is 41.5 Å². The van der Waals surface area contributed by atoms with Crippen LogP contribution in [-0.2, 0) is 16.1 Å². The quantitative estimate of drug-likeness (QED) is 0.527. The Bertz CT molecular complexity index is 1270. The van der Waals surface area contributed by atoms with Crippen molar-refractivity contribution in [2.75, 3.05) is 11.9 Å². The number of fused-ring (bicyclic) bond motifs is 1. The van der Waals surface area contributed by atoms with E-state index < -0.39 is 5.56 Å². The highest BCUT2D eigenvalue weighted by atomic mass is 35.5. The molecule has 0 aliphatic heterocycles. The Kier molecular flexibility index (Phi) is 7.76. The molecule has 1 unspecified atom stereocenters. The van der Waals surface area contributed by atoms with Gasteiger partial charge in [-0.1, -0.05) is 42.3 Å². The summed E-state index contributed by atoms with van der Waals surface area (Å²) >= 11 is 12.2. The number of rotatable bonds is 7. The molecule has 2 amide bonds. The monoisotopic (exact) mass is 488 g/mol. The number of amides is 2. The first-order chi connectivity index (χ1) is 15.6. The molecule has 0 saturated carbocycles. The number of halogens is 2. The molecule has 7 nitrogen and oxygen atoms in total. The number of carbonyl (C=O) groups is 2. The Morgan fingerprint density at radius 1 is 1.21 bits per heavy atom. The molecule has 0 radical (unpaired) electrons. The lowest BCUT2D eigenvalue weighted by Crippen LogP contribution is -2.45. The van der Waals surface area contributed by atoms with E-state index in [0.29, 0.717) is 22.6 Å². The van der Waals surface area contributed by atoms with E-state index in [1.807, 2.05) is 45.9 Å². The van der Waals surface area contributed by atoms with E-state index in [1.54, 1.807) is 0 Å². The molecule has 2 aromatic carbocycles. The standard InChI is InChI=1S/C24H26Cl2N4O3/c1-5-15(3)30(11-21(31)28-20-8-6-7-14(2)16(20)4)22(32)12-29-13-27-23-18(24(29)33)9-17(25)10-19(23)26/h6-10,13,15H,5,11-12H2,1-4H3,(H,28,31). The Morgan fingerprint density at radius 3 is 2.64 bits per heavy atom. The minimum atomic E-state index is -0.429. The van der Waals surface area contributed by atoms with Crippen LogP contribution < -0.4 is 10.9 Å². The van der Waals surface area contributed by atoms with E-state index in [0.717, 1.165) is 11.1 Å². The largest absolute Gasteiger partial charge is 0.329 e. The summed E-state index contributed by atoms with van der Waals surface area (Å²) in [7, 11) is 0. The normalized spacial score (nSPS) is 11.9. The summed E-state index contributed by atoms with van der Waals surface area (Å²) < 4.78 is 1.20. The van der Waals surface area contributed by atoms with Gasteiger partial charge in [0, 0.05) is 16.8 Å². The highest BCUT2D eigenvalue weighted by Crippen LogP contribution is 2.24. The summed E-state index contributed by atoms with van der Waals surface area (Å²) in [5, 5.41) is 3.68. The van der Waals surface area contributed by atoms with Crippen molar-refractivity contribution in [2.45, 2.75) is 46.7 Å². The molecule has 174 valence electrons. The number of nitrogens with one attached hydrogen (secondary N) is 1. The third-order valence-corrected chi connectivity index (χ3v) is 6.29. The molecule has 0 aliphatic carbocycles. The van der Waals surface area contributed by atoms with Crippen LogP contribution in [0.3, 0.4) is 0 Å². The van der Waals surface area contributed by atoms with E-state index in [-0.39, 0.29) is 41.4 Å². The van der Waals surface area contributed by atoms with Crippen LogP contribution in [0.1, 0.15) is 31.4 Å².